The Balaban J connectivity index is 2.13. The van der Waals surface area contributed by atoms with Gasteiger partial charge in [0.2, 0.25) is 0 Å². The Hall–Kier alpha value is -2.41. The van der Waals surface area contributed by atoms with Gasteiger partial charge in [-0.1, -0.05) is 16.7 Å². The average Bonchev–Trinajstić information content (AvgIpc) is 3.00. The molecule has 2 N–H and O–H groups in total. The number of nitrogen functional groups attached to an aromatic ring is 1. The van der Waals surface area contributed by atoms with Crippen LogP contribution in [0, 0.1) is 0 Å². The molecule has 7 nitrogen and oxygen atoms in total. The number of nitrogens with zero attached hydrogens (tertiary/aromatic N) is 6. The van der Waals surface area contributed by atoms with Gasteiger partial charge in [0.05, 0.1) is 16.4 Å². The molecule has 2 heterocycles. The fourth-order valence-corrected chi connectivity index (χ4v) is 1.66. The smallest absolute Gasteiger partial charge is 0.275 e. The third-order valence-corrected chi connectivity index (χ3v) is 2.73. The second kappa shape index (κ2) is 4.11. The molecule has 0 saturated heterocycles. The maximum Gasteiger partial charge on any atom is 0.275 e. The van der Waals surface area contributed by atoms with Crippen molar-refractivity contribution in [1.82, 2.24) is 30.0 Å². The minimum Gasteiger partial charge on any atom is -0.397 e. The maximum absolute atomic E-state index is 5.88. The Bertz CT molecular complexity index is 673. The minimum atomic E-state index is 0.469. The fraction of sp³-hybridized carbons (Fsp3) is 0. The van der Waals surface area contributed by atoms with Gasteiger partial charge in [0.25, 0.3) is 5.95 Å². The highest BCUT2D eigenvalue weighted by Crippen LogP contribution is 2.22. The standard InChI is InChI=1S/C10H8ClN7/c11-8-3-2-7(6-9(8)12)18-10(14-15-16-18)17-5-1-4-13-17/h1-6H,12H2. The molecule has 0 saturated carbocycles. The van der Waals surface area contributed by atoms with Crippen molar-refractivity contribution >= 4 is 17.3 Å². The van der Waals surface area contributed by atoms with E-state index in [2.05, 4.69) is 20.6 Å². The second-order valence-corrected chi connectivity index (χ2v) is 3.95. The molecule has 0 spiro atoms. The zero-order chi connectivity index (χ0) is 12.5. The molecule has 3 aromatic rings. The van der Waals surface area contributed by atoms with Crippen molar-refractivity contribution in [3.63, 3.8) is 0 Å². The van der Waals surface area contributed by atoms with E-state index in [0.717, 1.165) is 0 Å². The normalized spacial score (nSPS) is 10.7. The highest BCUT2D eigenvalue weighted by molar-refractivity contribution is 6.33. The van der Waals surface area contributed by atoms with Crippen LogP contribution < -0.4 is 5.73 Å². The van der Waals surface area contributed by atoms with Gasteiger partial charge < -0.3 is 5.73 Å². The van der Waals surface area contributed by atoms with Crippen LogP contribution in [0.4, 0.5) is 5.69 Å². The van der Waals surface area contributed by atoms with Crippen LogP contribution in [0.15, 0.2) is 36.7 Å². The number of hydrogen-bond donors (Lipinski definition) is 1. The van der Waals surface area contributed by atoms with Crippen molar-refractivity contribution in [2.24, 2.45) is 0 Å². The zero-order valence-corrected chi connectivity index (χ0v) is 9.86. The molecule has 0 fully saturated rings. The Morgan fingerprint density at radius 2 is 2.17 bits per heavy atom. The third-order valence-electron chi connectivity index (χ3n) is 2.39. The lowest BCUT2D eigenvalue weighted by Gasteiger charge is -2.05. The molecule has 0 amide bonds. The molecule has 18 heavy (non-hydrogen) atoms. The minimum absolute atomic E-state index is 0.469. The van der Waals surface area contributed by atoms with Gasteiger partial charge >= 0.3 is 0 Å². The summed E-state index contributed by atoms with van der Waals surface area (Å²) in [5.74, 6) is 0.474. The van der Waals surface area contributed by atoms with Crippen LogP contribution in [0.3, 0.4) is 0 Å². The molecule has 3 rings (SSSR count). The van der Waals surface area contributed by atoms with Crippen molar-refractivity contribution in [2.45, 2.75) is 0 Å². The van der Waals surface area contributed by atoms with E-state index in [1.54, 1.807) is 41.3 Å². The molecular weight excluding hydrogens is 254 g/mol. The number of rotatable bonds is 2. The number of nitrogens with two attached hydrogens (primary N) is 1. The van der Waals surface area contributed by atoms with Crippen LogP contribution >= 0.6 is 11.6 Å². The predicted octanol–water partition coefficient (Wildman–Crippen LogP) is 1.08. The summed E-state index contributed by atoms with van der Waals surface area (Å²) in [6.07, 6.45) is 3.40. The van der Waals surface area contributed by atoms with Gasteiger partial charge in [0.1, 0.15) is 0 Å². The fourth-order valence-electron chi connectivity index (χ4n) is 1.54. The van der Waals surface area contributed by atoms with Gasteiger partial charge in [-0.25, -0.2) is 4.68 Å². The molecular formula is C10H8ClN7. The van der Waals surface area contributed by atoms with E-state index in [0.29, 0.717) is 22.3 Å². The molecule has 0 aliphatic heterocycles. The summed E-state index contributed by atoms with van der Waals surface area (Å²) in [5, 5.41) is 16.0. The first kappa shape index (κ1) is 10.7. The van der Waals surface area contributed by atoms with Crippen molar-refractivity contribution < 1.29 is 0 Å². The number of tetrazole rings is 1. The van der Waals surface area contributed by atoms with Crippen LogP contribution in [0.1, 0.15) is 0 Å². The van der Waals surface area contributed by atoms with E-state index in [1.807, 2.05) is 0 Å². The number of hydrogen-bond acceptors (Lipinski definition) is 5. The van der Waals surface area contributed by atoms with Crippen molar-refractivity contribution in [3.05, 3.63) is 41.7 Å². The van der Waals surface area contributed by atoms with E-state index in [4.69, 9.17) is 17.3 Å². The monoisotopic (exact) mass is 261 g/mol. The van der Waals surface area contributed by atoms with E-state index in [1.165, 1.54) is 4.68 Å². The van der Waals surface area contributed by atoms with Crippen LogP contribution in [-0.2, 0) is 0 Å². The Kier molecular flexibility index (Phi) is 2.45. The molecule has 0 aliphatic carbocycles. The quantitative estimate of drug-likeness (QED) is 0.698. The molecule has 2 aromatic heterocycles. The summed E-state index contributed by atoms with van der Waals surface area (Å²) < 4.78 is 3.09. The lowest BCUT2D eigenvalue weighted by atomic mass is 10.3. The summed E-state index contributed by atoms with van der Waals surface area (Å²) in [6, 6.07) is 6.96. The molecule has 0 atom stereocenters. The first-order chi connectivity index (χ1) is 8.75. The number of anilines is 1. The maximum atomic E-state index is 5.88. The van der Waals surface area contributed by atoms with Gasteiger partial charge in [0.15, 0.2) is 0 Å². The SMILES string of the molecule is Nc1cc(-n2nnnc2-n2cccn2)ccc1Cl. The molecule has 0 aliphatic rings. The van der Waals surface area contributed by atoms with Crippen LogP contribution in [-0.4, -0.2) is 30.0 Å². The van der Waals surface area contributed by atoms with Crippen molar-refractivity contribution in [1.29, 1.82) is 0 Å². The lowest BCUT2D eigenvalue weighted by Crippen LogP contribution is -2.07. The summed E-state index contributed by atoms with van der Waals surface area (Å²) in [6.45, 7) is 0. The van der Waals surface area contributed by atoms with Gasteiger partial charge in [0, 0.05) is 12.4 Å². The molecule has 0 radical (unpaired) electrons. The first-order valence-electron chi connectivity index (χ1n) is 5.09. The highest BCUT2D eigenvalue weighted by Gasteiger charge is 2.11. The summed E-state index contributed by atoms with van der Waals surface area (Å²) in [5.41, 5.74) is 6.94. The Labute approximate surface area is 107 Å². The Morgan fingerprint density at radius 1 is 1.28 bits per heavy atom. The zero-order valence-electron chi connectivity index (χ0n) is 9.10. The summed E-state index contributed by atoms with van der Waals surface area (Å²) >= 11 is 5.88. The molecule has 8 heteroatoms. The second-order valence-electron chi connectivity index (χ2n) is 3.55. The van der Waals surface area contributed by atoms with E-state index < -0.39 is 0 Å². The van der Waals surface area contributed by atoms with E-state index in [-0.39, 0.29) is 0 Å². The molecule has 90 valence electrons. The van der Waals surface area contributed by atoms with Crippen molar-refractivity contribution in [2.75, 3.05) is 5.73 Å². The number of halogens is 1. The predicted molar refractivity (Wildman–Crippen MR) is 65.7 cm³/mol. The van der Waals surface area contributed by atoms with Gasteiger partial charge in [-0.3, -0.25) is 0 Å². The van der Waals surface area contributed by atoms with Gasteiger partial charge in [-0.2, -0.15) is 9.78 Å². The Morgan fingerprint density at radius 3 is 2.89 bits per heavy atom. The van der Waals surface area contributed by atoms with Crippen molar-refractivity contribution in [3.8, 4) is 11.6 Å². The number of aromatic nitrogens is 6. The molecule has 0 unspecified atom stereocenters. The van der Waals surface area contributed by atoms with E-state index in [9.17, 15) is 0 Å². The first-order valence-corrected chi connectivity index (χ1v) is 5.47. The molecule has 0 bridgehead atoms. The third kappa shape index (κ3) is 1.70. The van der Waals surface area contributed by atoms with Gasteiger partial charge in [-0.05, 0) is 34.7 Å². The van der Waals surface area contributed by atoms with Crippen LogP contribution in [0.5, 0.6) is 0 Å². The van der Waals surface area contributed by atoms with Crippen LogP contribution in [0.2, 0.25) is 5.02 Å². The van der Waals surface area contributed by atoms with Gasteiger partial charge in [-0.15, -0.1) is 0 Å². The van der Waals surface area contributed by atoms with Crippen LogP contribution in [0.25, 0.3) is 11.6 Å². The highest BCUT2D eigenvalue weighted by atomic mass is 35.5. The average molecular weight is 262 g/mol. The molecule has 1 aromatic carbocycles. The van der Waals surface area contributed by atoms with E-state index >= 15 is 0 Å². The largest absolute Gasteiger partial charge is 0.397 e. The number of benzene rings is 1. The lowest BCUT2D eigenvalue weighted by molar-refractivity contribution is 0.741. The topological polar surface area (TPSA) is 87.4 Å². The summed E-state index contributed by atoms with van der Waals surface area (Å²) in [4.78, 5) is 0. The summed E-state index contributed by atoms with van der Waals surface area (Å²) in [7, 11) is 0.